The van der Waals surface area contributed by atoms with Crippen LogP contribution in [0, 0.1) is 5.92 Å². The van der Waals surface area contributed by atoms with Crippen LogP contribution >= 0.6 is 27.5 Å². The molecule has 1 fully saturated rings. The topological polar surface area (TPSA) is 42.4 Å². The third kappa shape index (κ3) is 3.71. The van der Waals surface area contributed by atoms with Gasteiger partial charge in [-0.15, -0.1) is 0 Å². The van der Waals surface area contributed by atoms with Crippen LogP contribution in [0.2, 0.25) is 5.15 Å². The van der Waals surface area contributed by atoms with Crippen molar-refractivity contribution in [3.63, 3.8) is 0 Å². The largest absolute Gasteiger partial charge is 0.383 e. The summed E-state index contributed by atoms with van der Waals surface area (Å²) in [4.78, 5) is 18.6. The van der Waals surface area contributed by atoms with Crippen molar-refractivity contribution in [2.75, 3.05) is 20.3 Å². The van der Waals surface area contributed by atoms with Crippen molar-refractivity contribution in [1.82, 2.24) is 9.88 Å². The van der Waals surface area contributed by atoms with Gasteiger partial charge in [0.1, 0.15) is 5.15 Å². The fraction of sp³-hybridized carbons (Fsp3) is 0.571. The molecule has 0 bridgehead atoms. The molecule has 20 heavy (non-hydrogen) atoms. The average molecular weight is 362 g/mol. The highest BCUT2D eigenvalue weighted by Gasteiger charge is 2.35. The summed E-state index contributed by atoms with van der Waals surface area (Å²) in [5.74, 6) is 0.509. The zero-order chi connectivity index (χ0) is 14.7. The van der Waals surface area contributed by atoms with Gasteiger partial charge in [0.05, 0.1) is 12.2 Å². The molecule has 1 aliphatic rings. The van der Waals surface area contributed by atoms with Gasteiger partial charge in [0.25, 0.3) is 5.91 Å². The summed E-state index contributed by atoms with van der Waals surface area (Å²) in [7, 11) is 1.64. The van der Waals surface area contributed by atoms with Gasteiger partial charge in [-0.3, -0.25) is 4.79 Å². The second-order valence-corrected chi connectivity index (χ2v) is 6.33. The third-order valence-corrected chi connectivity index (χ3v) is 4.36. The van der Waals surface area contributed by atoms with Gasteiger partial charge in [-0.05, 0) is 47.7 Å². The molecular formula is C14H18BrClN2O2. The van der Waals surface area contributed by atoms with E-state index in [-0.39, 0.29) is 17.1 Å². The molecule has 0 saturated heterocycles. The molecular weight excluding hydrogens is 344 g/mol. The molecule has 1 aromatic heterocycles. The Hall–Kier alpha value is -0.650. The summed E-state index contributed by atoms with van der Waals surface area (Å²) in [6, 6.07) is 1.92. The summed E-state index contributed by atoms with van der Waals surface area (Å²) in [6.07, 6.45) is 3.95. The van der Waals surface area contributed by atoms with E-state index >= 15 is 0 Å². The summed E-state index contributed by atoms with van der Waals surface area (Å²) in [5.41, 5.74) is 0.435. The second-order valence-electron chi connectivity index (χ2n) is 5.06. The first-order valence-corrected chi connectivity index (χ1v) is 7.82. The molecule has 1 saturated carbocycles. The summed E-state index contributed by atoms with van der Waals surface area (Å²) in [6.45, 7) is 3.17. The number of aromatic nitrogens is 1. The number of halogens is 2. The van der Waals surface area contributed by atoms with Crippen LogP contribution in [-0.2, 0) is 4.74 Å². The van der Waals surface area contributed by atoms with Crippen LogP contribution < -0.4 is 0 Å². The Morgan fingerprint density at radius 1 is 1.65 bits per heavy atom. The maximum atomic E-state index is 12.7. The summed E-state index contributed by atoms with van der Waals surface area (Å²) < 4.78 is 5.86. The van der Waals surface area contributed by atoms with Crippen molar-refractivity contribution in [3.05, 3.63) is 27.5 Å². The van der Waals surface area contributed by atoms with Gasteiger partial charge in [0.15, 0.2) is 0 Å². The normalized spacial score (nSPS) is 16.0. The minimum absolute atomic E-state index is 0.0831. The van der Waals surface area contributed by atoms with Crippen LogP contribution in [0.5, 0.6) is 0 Å². The van der Waals surface area contributed by atoms with Gasteiger partial charge in [-0.25, -0.2) is 4.98 Å². The number of nitrogens with zero attached hydrogens (tertiary/aromatic N) is 2. The van der Waals surface area contributed by atoms with E-state index in [1.54, 1.807) is 19.4 Å². The predicted octanol–water partition coefficient (Wildman–Crippen LogP) is 3.38. The van der Waals surface area contributed by atoms with Crippen LogP contribution in [0.3, 0.4) is 0 Å². The van der Waals surface area contributed by atoms with Gasteiger partial charge in [0, 0.05) is 30.4 Å². The minimum Gasteiger partial charge on any atom is -0.383 e. The van der Waals surface area contributed by atoms with Crippen molar-refractivity contribution >= 4 is 33.4 Å². The number of carbonyl (C=O) groups is 1. The second kappa shape index (κ2) is 6.87. The fourth-order valence-corrected chi connectivity index (χ4v) is 2.76. The molecule has 1 aromatic rings. The molecule has 0 spiro atoms. The first-order valence-electron chi connectivity index (χ1n) is 6.65. The van der Waals surface area contributed by atoms with Crippen LogP contribution in [0.25, 0.3) is 0 Å². The van der Waals surface area contributed by atoms with E-state index in [1.807, 2.05) is 4.90 Å². The van der Waals surface area contributed by atoms with Crippen molar-refractivity contribution < 1.29 is 9.53 Å². The molecule has 1 heterocycles. The number of hydrogen-bond donors (Lipinski definition) is 0. The maximum absolute atomic E-state index is 12.7. The zero-order valence-corrected chi connectivity index (χ0v) is 13.9. The van der Waals surface area contributed by atoms with Gasteiger partial charge in [-0.2, -0.15) is 0 Å². The van der Waals surface area contributed by atoms with E-state index in [1.165, 1.54) is 12.8 Å². The molecule has 1 unspecified atom stereocenters. The lowest BCUT2D eigenvalue weighted by Crippen LogP contribution is -2.42. The van der Waals surface area contributed by atoms with E-state index in [9.17, 15) is 4.79 Å². The summed E-state index contributed by atoms with van der Waals surface area (Å²) >= 11 is 9.39. The lowest BCUT2D eigenvalue weighted by atomic mass is 10.1. The lowest BCUT2D eigenvalue weighted by molar-refractivity contribution is 0.0594. The van der Waals surface area contributed by atoms with E-state index in [2.05, 4.69) is 27.8 Å². The third-order valence-electron chi connectivity index (χ3n) is 3.63. The van der Waals surface area contributed by atoms with Crippen LogP contribution in [0.4, 0.5) is 0 Å². The Balaban J connectivity index is 2.22. The fourth-order valence-electron chi connectivity index (χ4n) is 2.24. The molecule has 2 rings (SSSR count). The van der Waals surface area contributed by atoms with Crippen LogP contribution in [0.15, 0.2) is 16.7 Å². The number of amides is 1. The Kier molecular flexibility index (Phi) is 5.41. The Morgan fingerprint density at radius 2 is 2.35 bits per heavy atom. The number of pyridine rings is 1. The Labute approximate surface area is 132 Å². The van der Waals surface area contributed by atoms with Crippen molar-refractivity contribution in [3.8, 4) is 0 Å². The predicted molar refractivity (Wildman–Crippen MR) is 82.0 cm³/mol. The zero-order valence-electron chi connectivity index (χ0n) is 11.6. The quantitative estimate of drug-likeness (QED) is 0.729. The first kappa shape index (κ1) is 15.7. The molecule has 0 N–H and O–H groups in total. The molecule has 0 radical (unpaired) electrons. The molecule has 1 aliphatic carbocycles. The van der Waals surface area contributed by atoms with Crippen molar-refractivity contribution in [2.45, 2.75) is 25.8 Å². The van der Waals surface area contributed by atoms with E-state index in [0.717, 1.165) is 4.47 Å². The highest BCUT2D eigenvalue weighted by Crippen LogP contribution is 2.36. The lowest BCUT2D eigenvalue weighted by Gasteiger charge is -2.29. The number of methoxy groups -OCH3 is 1. The van der Waals surface area contributed by atoms with Gasteiger partial charge in [0.2, 0.25) is 0 Å². The van der Waals surface area contributed by atoms with Crippen LogP contribution in [0.1, 0.15) is 30.1 Å². The number of ether oxygens (including phenoxy) is 1. The molecule has 110 valence electrons. The monoisotopic (exact) mass is 360 g/mol. The van der Waals surface area contributed by atoms with Crippen molar-refractivity contribution in [2.24, 2.45) is 5.92 Å². The first-order chi connectivity index (χ1) is 9.54. The van der Waals surface area contributed by atoms with E-state index in [4.69, 9.17) is 16.3 Å². The maximum Gasteiger partial charge on any atom is 0.257 e. The van der Waals surface area contributed by atoms with Crippen molar-refractivity contribution in [1.29, 1.82) is 0 Å². The van der Waals surface area contributed by atoms with Gasteiger partial charge >= 0.3 is 0 Å². The molecule has 0 aliphatic heterocycles. The molecule has 0 aromatic carbocycles. The van der Waals surface area contributed by atoms with Gasteiger partial charge < -0.3 is 9.64 Å². The Morgan fingerprint density at radius 3 is 2.95 bits per heavy atom. The highest BCUT2D eigenvalue weighted by molar-refractivity contribution is 9.10. The average Bonchev–Trinajstić information content (AvgIpc) is 3.26. The molecule has 4 nitrogen and oxygen atoms in total. The highest BCUT2D eigenvalue weighted by atomic mass is 79.9. The number of carbonyl (C=O) groups excluding carboxylic acids is 1. The SMILES string of the molecule is COCCN(C(=O)c1cc(Br)cnc1Cl)C(C)C1CC1. The van der Waals surface area contributed by atoms with Crippen LogP contribution in [-0.4, -0.2) is 42.1 Å². The summed E-state index contributed by atoms with van der Waals surface area (Å²) in [5, 5.41) is 0.239. The number of hydrogen-bond acceptors (Lipinski definition) is 3. The molecule has 6 heteroatoms. The smallest absolute Gasteiger partial charge is 0.257 e. The molecule has 1 amide bonds. The number of rotatable bonds is 6. The van der Waals surface area contributed by atoms with E-state index in [0.29, 0.717) is 24.6 Å². The minimum atomic E-state index is -0.0831. The standard InChI is InChI=1S/C14H18BrClN2O2/c1-9(10-3-4-10)18(5-6-20-2)14(19)12-7-11(15)8-17-13(12)16/h7-10H,3-6H2,1-2H3. The van der Waals surface area contributed by atoms with Gasteiger partial charge in [-0.1, -0.05) is 11.6 Å². The molecule has 1 atom stereocenters. The van der Waals surface area contributed by atoms with E-state index < -0.39 is 0 Å². The Bertz CT molecular complexity index is 494.